The minimum Gasteiger partial charge on any atom is -0.399 e. The standard InChI is InChI=1S/C14H13Cl2NOS/c15-12-6-5-11(7-13(12)16)19-8-14(18)9-1-3-10(17)4-2-9/h1-7,14,18H,8,17H2. The molecular formula is C14H13Cl2NOS. The summed E-state index contributed by atoms with van der Waals surface area (Å²) in [5, 5.41) is 11.1. The van der Waals surface area contributed by atoms with Crippen LogP contribution in [0.15, 0.2) is 47.4 Å². The Morgan fingerprint density at radius 3 is 2.37 bits per heavy atom. The lowest BCUT2D eigenvalue weighted by atomic mass is 10.1. The summed E-state index contributed by atoms with van der Waals surface area (Å²) >= 11 is 13.3. The van der Waals surface area contributed by atoms with Gasteiger partial charge in [0.25, 0.3) is 0 Å². The van der Waals surface area contributed by atoms with Crippen molar-refractivity contribution in [3.8, 4) is 0 Å². The first-order valence-electron chi connectivity index (χ1n) is 5.67. The van der Waals surface area contributed by atoms with E-state index in [-0.39, 0.29) is 0 Å². The number of thioether (sulfide) groups is 1. The molecule has 0 amide bonds. The highest BCUT2D eigenvalue weighted by molar-refractivity contribution is 7.99. The molecule has 2 aromatic carbocycles. The van der Waals surface area contributed by atoms with E-state index < -0.39 is 6.10 Å². The molecule has 0 saturated carbocycles. The van der Waals surface area contributed by atoms with Crippen LogP contribution in [0.5, 0.6) is 0 Å². The average Bonchev–Trinajstić information content (AvgIpc) is 2.40. The lowest BCUT2D eigenvalue weighted by molar-refractivity contribution is 0.204. The highest BCUT2D eigenvalue weighted by Crippen LogP contribution is 2.30. The molecule has 0 aromatic heterocycles. The SMILES string of the molecule is Nc1ccc(C(O)CSc2ccc(Cl)c(Cl)c2)cc1. The fraction of sp³-hybridized carbons (Fsp3) is 0.143. The molecule has 0 fully saturated rings. The third kappa shape index (κ3) is 4.05. The largest absolute Gasteiger partial charge is 0.399 e. The summed E-state index contributed by atoms with van der Waals surface area (Å²) < 4.78 is 0. The number of hydrogen-bond acceptors (Lipinski definition) is 3. The van der Waals surface area contributed by atoms with E-state index in [1.54, 1.807) is 24.3 Å². The number of nitrogen functional groups attached to an aromatic ring is 1. The first-order chi connectivity index (χ1) is 9.06. The second kappa shape index (κ2) is 6.53. The van der Waals surface area contributed by atoms with Gasteiger partial charge in [0.1, 0.15) is 0 Å². The van der Waals surface area contributed by atoms with Gasteiger partial charge in [0.15, 0.2) is 0 Å². The van der Waals surface area contributed by atoms with Crippen molar-refractivity contribution in [2.75, 3.05) is 11.5 Å². The van der Waals surface area contributed by atoms with Crippen molar-refractivity contribution in [3.05, 3.63) is 58.1 Å². The van der Waals surface area contributed by atoms with Gasteiger partial charge >= 0.3 is 0 Å². The zero-order chi connectivity index (χ0) is 13.8. The second-order valence-corrected chi connectivity index (χ2v) is 5.98. The Labute approximate surface area is 126 Å². The van der Waals surface area contributed by atoms with Crippen molar-refractivity contribution in [3.63, 3.8) is 0 Å². The lowest BCUT2D eigenvalue weighted by Gasteiger charge is -2.11. The van der Waals surface area contributed by atoms with Gasteiger partial charge in [-0.1, -0.05) is 35.3 Å². The van der Waals surface area contributed by atoms with Crippen LogP contribution in [-0.2, 0) is 0 Å². The number of benzene rings is 2. The third-order valence-corrected chi connectivity index (χ3v) is 4.43. The fourth-order valence-electron chi connectivity index (χ4n) is 1.56. The van der Waals surface area contributed by atoms with E-state index in [2.05, 4.69) is 0 Å². The van der Waals surface area contributed by atoms with E-state index >= 15 is 0 Å². The summed E-state index contributed by atoms with van der Waals surface area (Å²) in [6, 6.07) is 12.6. The Hall–Kier alpha value is -0.870. The Morgan fingerprint density at radius 1 is 1.05 bits per heavy atom. The number of rotatable bonds is 4. The van der Waals surface area contributed by atoms with Crippen LogP contribution in [0.1, 0.15) is 11.7 Å². The van der Waals surface area contributed by atoms with Crippen molar-refractivity contribution in [1.82, 2.24) is 0 Å². The third-order valence-electron chi connectivity index (χ3n) is 2.62. The minimum atomic E-state index is -0.542. The maximum atomic E-state index is 10.1. The van der Waals surface area contributed by atoms with Crippen LogP contribution in [0.4, 0.5) is 5.69 Å². The summed E-state index contributed by atoms with van der Waals surface area (Å²) in [4.78, 5) is 0.976. The Balaban J connectivity index is 1.98. The maximum absolute atomic E-state index is 10.1. The molecule has 0 saturated heterocycles. The Bertz CT molecular complexity index is 560. The van der Waals surface area contributed by atoms with Crippen LogP contribution in [0.25, 0.3) is 0 Å². The quantitative estimate of drug-likeness (QED) is 0.649. The van der Waals surface area contributed by atoms with Crippen LogP contribution in [0, 0.1) is 0 Å². The van der Waals surface area contributed by atoms with Gasteiger partial charge in [-0.15, -0.1) is 11.8 Å². The smallest absolute Gasteiger partial charge is 0.0883 e. The van der Waals surface area contributed by atoms with E-state index in [0.717, 1.165) is 10.5 Å². The zero-order valence-electron chi connectivity index (χ0n) is 10.0. The molecule has 3 N–H and O–H groups in total. The second-order valence-electron chi connectivity index (χ2n) is 4.07. The molecule has 0 spiro atoms. The molecule has 1 unspecified atom stereocenters. The lowest BCUT2D eigenvalue weighted by Crippen LogP contribution is -2.00. The molecular weight excluding hydrogens is 301 g/mol. The molecule has 0 aliphatic heterocycles. The van der Waals surface area contributed by atoms with E-state index in [1.807, 2.05) is 18.2 Å². The first kappa shape index (κ1) is 14.5. The van der Waals surface area contributed by atoms with Gasteiger partial charge in [-0.3, -0.25) is 0 Å². The van der Waals surface area contributed by atoms with Crippen LogP contribution < -0.4 is 5.73 Å². The van der Waals surface area contributed by atoms with Gasteiger partial charge in [-0.05, 0) is 35.9 Å². The molecule has 0 heterocycles. The molecule has 0 radical (unpaired) electrons. The van der Waals surface area contributed by atoms with Crippen molar-refractivity contribution < 1.29 is 5.11 Å². The number of nitrogens with two attached hydrogens (primary N) is 1. The van der Waals surface area contributed by atoms with Crippen molar-refractivity contribution in [2.24, 2.45) is 0 Å². The van der Waals surface area contributed by atoms with Gasteiger partial charge in [-0.25, -0.2) is 0 Å². The van der Waals surface area contributed by atoms with Crippen LogP contribution in [0.3, 0.4) is 0 Å². The highest BCUT2D eigenvalue weighted by Gasteiger charge is 2.08. The van der Waals surface area contributed by atoms with E-state index in [1.165, 1.54) is 11.8 Å². The maximum Gasteiger partial charge on any atom is 0.0883 e. The zero-order valence-corrected chi connectivity index (χ0v) is 12.3. The molecule has 0 bridgehead atoms. The predicted octanol–water partition coefficient (Wildman–Crippen LogP) is 4.40. The van der Waals surface area contributed by atoms with E-state index in [4.69, 9.17) is 28.9 Å². The number of aliphatic hydroxyl groups is 1. The van der Waals surface area contributed by atoms with Crippen LogP contribution >= 0.6 is 35.0 Å². The highest BCUT2D eigenvalue weighted by atomic mass is 35.5. The predicted molar refractivity (Wildman–Crippen MR) is 83.0 cm³/mol. The average molecular weight is 314 g/mol. The molecule has 5 heteroatoms. The Kier molecular flexibility index (Phi) is 4.99. The normalized spacial score (nSPS) is 12.4. The van der Waals surface area contributed by atoms with Gasteiger partial charge in [0.05, 0.1) is 16.1 Å². The monoisotopic (exact) mass is 313 g/mol. The van der Waals surface area contributed by atoms with Crippen LogP contribution in [-0.4, -0.2) is 10.9 Å². The molecule has 2 rings (SSSR count). The number of anilines is 1. The minimum absolute atomic E-state index is 0.522. The molecule has 19 heavy (non-hydrogen) atoms. The van der Waals surface area contributed by atoms with Crippen molar-refractivity contribution >= 4 is 40.7 Å². The summed E-state index contributed by atoms with van der Waals surface area (Å²) in [6.07, 6.45) is -0.542. The number of hydrogen-bond donors (Lipinski definition) is 2. The Morgan fingerprint density at radius 2 is 1.74 bits per heavy atom. The van der Waals surface area contributed by atoms with Crippen LogP contribution in [0.2, 0.25) is 10.0 Å². The van der Waals surface area contributed by atoms with Gasteiger partial charge in [0.2, 0.25) is 0 Å². The summed E-state index contributed by atoms with van der Waals surface area (Å²) in [7, 11) is 0. The molecule has 0 aliphatic carbocycles. The van der Waals surface area contributed by atoms with Gasteiger partial charge in [-0.2, -0.15) is 0 Å². The summed E-state index contributed by atoms with van der Waals surface area (Å²) in [5.74, 6) is 0.544. The number of halogens is 2. The van der Waals surface area contributed by atoms with E-state index in [9.17, 15) is 5.11 Å². The topological polar surface area (TPSA) is 46.2 Å². The van der Waals surface area contributed by atoms with E-state index in [0.29, 0.717) is 21.5 Å². The van der Waals surface area contributed by atoms with Gasteiger partial charge < -0.3 is 10.8 Å². The first-order valence-corrected chi connectivity index (χ1v) is 7.42. The molecule has 0 aliphatic rings. The number of aliphatic hydroxyl groups excluding tert-OH is 1. The van der Waals surface area contributed by atoms with Crippen molar-refractivity contribution in [2.45, 2.75) is 11.0 Å². The molecule has 2 nitrogen and oxygen atoms in total. The van der Waals surface area contributed by atoms with Crippen molar-refractivity contribution in [1.29, 1.82) is 0 Å². The summed E-state index contributed by atoms with van der Waals surface area (Å²) in [5.41, 5.74) is 7.15. The molecule has 1 atom stereocenters. The fourth-order valence-corrected chi connectivity index (χ4v) is 2.83. The van der Waals surface area contributed by atoms with Gasteiger partial charge in [0, 0.05) is 16.3 Å². The molecule has 100 valence electrons. The summed E-state index contributed by atoms with van der Waals surface area (Å²) in [6.45, 7) is 0. The molecule has 2 aromatic rings.